The van der Waals surface area contributed by atoms with E-state index in [-0.39, 0.29) is 17.3 Å². The number of esters is 1. The van der Waals surface area contributed by atoms with E-state index in [1.807, 2.05) is 0 Å². The molecule has 0 spiro atoms. The molecule has 0 bridgehead atoms. The number of carbonyl (C=O) groups excluding carboxylic acids is 1. The van der Waals surface area contributed by atoms with Crippen molar-refractivity contribution < 1.29 is 9.53 Å². The molecule has 2 heteroatoms. The lowest BCUT2D eigenvalue weighted by Gasteiger charge is -2.13. The van der Waals surface area contributed by atoms with Gasteiger partial charge in [-0.1, -0.05) is 30.2 Å². The molecule has 2 rings (SSSR count). The summed E-state index contributed by atoms with van der Waals surface area (Å²) in [5.74, 6) is 0.739. The number of hydrogen-bond donors (Lipinski definition) is 0. The Balaban J connectivity index is 1.72. The fourth-order valence-electron chi connectivity index (χ4n) is 3.30. The first kappa shape index (κ1) is 14.4. The number of hydrogen-bond acceptors (Lipinski definition) is 2. The Bertz CT molecular complexity index is 415. The van der Waals surface area contributed by atoms with Crippen molar-refractivity contribution in [1.29, 1.82) is 0 Å². The van der Waals surface area contributed by atoms with Crippen molar-refractivity contribution in [2.75, 3.05) is 6.61 Å². The molecule has 0 aromatic carbocycles. The second-order valence-electron chi connectivity index (χ2n) is 6.63. The molecule has 2 aliphatic rings. The zero-order valence-electron chi connectivity index (χ0n) is 12.7. The molecule has 2 nitrogen and oxygen atoms in total. The van der Waals surface area contributed by atoms with E-state index in [1.54, 1.807) is 0 Å². The van der Waals surface area contributed by atoms with Gasteiger partial charge in [-0.2, -0.15) is 0 Å². The highest BCUT2D eigenvalue weighted by Crippen LogP contribution is 2.64. The SMILES string of the molecule is CC(C)=CCC/C(C)=C/CCC1(C)C2COC(=O)C21. The lowest BCUT2D eigenvalue weighted by atomic mass is 9.96. The van der Waals surface area contributed by atoms with Gasteiger partial charge in [0.1, 0.15) is 0 Å². The first-order valence-corrected chi connectivity index (χ1v) is 7.41. The second kappa shape index (κ2) is 5.52. The van der Waals surface area contributed by atoms with Gasteiger partial charge in [0.15, 0.2) is 0 Å². The van der Waals surface area contributed by atoms with Crippen molar-refractivity contribution >= 4 is 5.97 Å². The van der Waals surface area contributed by atoms with Gasteiger partial charge in [0.2, 0.25) is 0 Å². The van der Waals surface area contributed by atoms with Crippen molar-refractivity contribution in [2.24, 2.45) is 17.3 Å². The Hall–Kier alpha value is -1.05. The van der Waals surface area contributed by atoms with Gasteiger partial charge in [0, 0.05) is 5.92 Å². The fraction of sp³-hybridized carbons (Fsp3) is 0.706. The Morgan fingerprint density at radius 3 is 2.63 bits per heavy atom. The minimum absolute atomic E-state index is 0.0387. The predicted molar refractivity (Wildman–Crippen MR) is 77.7 cm³/mol. The Morgan fingerprint density at radius 1 is 1.32 bits per heavy atom. The van der Waals surface area contributed by atoms with Gasteiger partial charge >= 0.3 is 5.97 Å². The Kier molecular flexibility index (Phi) is 4.17. The molecule has 0 N–H and O–H groups in total. The van der Waals surface area contributed by atoms with Crippen molar-refractivity contribution in [2.45, 2.75) is 53.4 Å². The molecular weight excluding hydrogens is 236 g/mol. The molecule has 1 heterocycles. The largest absolute Gasteiger partial charge is 0.465 e. The summed E-state index contributed by atoms with van der Waals surface area (Å²) >= 11 is 0. The van der Waals surface area contributed by atoms with Gasteiger partial charge < -0.3 is 4.74 Å². The summed E-state index contributed by atoms with van der Waals surface area (Å²) in [5, 5.41) is 0. The maximum absolute atomic E-state index is 11.5. The number of ether oxygens (including phenoxy) is 1. The van der Waals surface area contributed by atoms with Crippen LogP contribution in [0.15, 0.2) is 23.3 Å². The molecule has 1 aliphatic heterocycles. The van der Waals surface area contributed by atoms with E-state index in [4.69, 9.17) is 4.74 Å². The minimum Gasteiger partial charge on any atom is -0.465 e. The van der Waals surface area contributed by atoms with E-state index in [0.717, 1.165) is 25.7 Å². The smallest absolute Gasteiger partial charge is 0.309 e. The molecule has 2 fully saturated rings. The zero-order valence-corrected chi connectivity index (χ0v) is 12.7. The molecule has 0 aromatic heterocycles. The van der Waals surface area contributed by atoms with Crippen LogP contribution in [0.2, 0.25) is 0 Å². The summed E-state index contributed by atoms with van der Waals surface area (Å²) in [6.45, 7) is 9.40. The number of cyclic esters (lactones) is 1. The maximum Gasteiger partial charge on any atom is 0.309 e. The highest BCUT2D eigenvalue weighted by molar-refractivity contribution is 5.80. The maximum atomic E-state index is 11.5. The van der Waals surface area contributed by atoms with Gasteiger partial charge in [-0.25, -0.2) is 0 Å². The topological polar surface area (TPSA) is 26.3 Å². The normalized spacial score (nSPS) is 32.8. The van der Waals surface area contributed by atoms with E-state index in [2.05, 4.69) is 39.8 Å². The van der Waals surface area contributed by atoms with Gasteiger partial charge in [-0.15, -0.1) is 0 Å². The van der Waals surface area contributed by atoms with E-state index in [1.165, 1.54) is 11.1 Å². The molecular formula is C17H26O2. The average Bonchev–Trinajstić information content (AvgIpc) is 2.68. The molecule has 0 radical (unpaired) electrons. The highest BCUT2D eigenvalue weighted by atomic mass is 16.5. The molecule has 1 aliphatic carbocycles. The molecule has 1 saturated carbocycles. The Morgan fingerprint density at radius 2 is 2.05 bits per heavy atom. The minimum atomic E-state index is 0.0387. The lowest BCUT2D eigenvalue weighted by molar-refractivity contribution is -0.143. The van der Waals surface area contributed by atoms with Gasteiger partial charge in [0.05, 0.1) is 12.5 Å². The van der Waals surface area contributed by atoms with Crippen LogP contribution in [0.5, 0.6) is 0 Å². The molecule has 19 heavy (non-hydrogen) atoms. The number of allylic oxidation sites excluding steroid dienone is 4. The number of carbonyl (C=O) groups is 1. The van der Waals surface area contributed by atoms with E-state index in [0.29, 0.717) is 12.5 Å². The Labute approximate surface area is 116 Å². The monoisotopic (exact) mass is 262 g/mol. The summed E-state index contributed by atoms with van der Waals surface area (Å²) in [4.78, 5) is 11.5. The van der Waals surface area contributed by atoms with Gasteiger partial charge in [-0.3, -0.25) is 4.79 Å². The number of rotatable bonds is 6. The van der Waals surface area contributed by atoms with Crippen LogP contribution in [0.1, 0.15) is 53.4 Å². The van der Waals surface area contributed by atoms with Gasteiger partial charge in [-0.05, 0) is 51.9 Å². The molecule has 1 saturated heterocycles. The molecule has 106 valence electrons. The van der Waals surface area contributed by atoms with Crippen LogP contribution in [0.3, 0.4) is 0 Å². The van der Waals surface area contributed by atoms with Crippen LogP contribution in [0, 0.1) is 17.3 Å². The molecule has 3 atom stereocenters. The second-order valence-corrected chi connectivity index (χ2v) is 6.63. The van der Waals surface area contributed by atoms with Crippen molar-refractivity contribution in [3.05, 3.63) is 23.3 Å². The molecule has 3 unspecified atom stereocenters. The van der Waals surface area contributed by atoms with Crippen LogP contribution in [0.4, 0.5) is 0 Å². The quantitative estimate of drug-likeness (QED) is 0.528. The van der Waals surface area contributed by atoms with Crippen LogP contribution in [-0.4, -0.2) is 12.6 Å². The fourth-order valence-corrected chi connectivity index (χ4v) is 3.30. The van der Waals surface area contributed by atoms with Crippen molar-refractivity contribution in [3.63, 3.8) is 0 Å². The summed E-state index contributed by atoms with van der Waals surface area (Å²) in [5.41, 5.74) is 3.09. The first-order valence-electron chi connectivity index (χ1n) is 7.41. The van der Waals surface area contributed by atoms with Crippen LogP contribution >= 0.6 is 0 Å². The van der Waals surface area contributed by atoms with Crippen molar-refractivity contribution in [3.8, 4) is 0 Å². The third-order valence-electron chi connectivity index (χ3n) is 4.78. The standard InChI is InChI=1S/C17H26O2/c1-12(2)7-5-8-13(3)9-6-10-17(4)14-11-19-16(18)15(14)17/h7,9,14-15H,5-6,8,10-11H2,1-4H3/b13-9+. The summed E-state index contributed by atoms with van der Waals surface area (Å²) in [6.07, 6.45) is 9.15. The first-order chi connectivity index (χ1) is 8.95. The van der Waals surface area contributed by atoms with E-state index >= 15 is 0 Å². The predicted octanol–water partition coefficient (Wildman–Crippen LogP) is 4.27. The van der Waals surface area contributed by atoms with E-state index < -0.39 is 0 Å². The third kappa shape index (κ3) is 3.10. The van der Waals surface area contributed by atoms with Crippen LogP contribution < -0.4 is 0 Å². The molecule has 0 amide bonds. The van der Waals surface area contributed by atoms with E-state index in [9.17, 15) is 4.79 Å². The van der Waals surface area contributed by atoms with Gasteiger partial charge in [0.25, 0.3) is 0 Å². The average molecular weight is 262 g/mol. The van der Waals surface area contributed by atoms with Crippen LogP contribution in [0.25, 0.3) is 0 Å². The third-order valence-corrected chi connectivity index (χ3v) is 4.78. The molecule has 0 aromatic rings. The highest BCUT2D eigenvalue weighted by Gasteiger charge is 2.68. The van der Waals surface area contributed by atoms with Crippen LogP contribution in [-0.2, 0) is 9.53 Å². The summed E-state index contributed by atoms with van der Waals surface area (Å²) < 4.78 is 5.05. The summed E-state index contributed by atoms with van der Waals surface area (Å²) in [7, 11) is 0. The summed E-state index contributed by atoms with van der Waals surface area (Å²) in [6, 6.07) is 0. The lowest BCUT2D eigenvalue weighted by Crippen LogP contribution is -2.13. The zero-order chi connectivity index (χ0) is 14.0. The number of fused-ring (bicyclic) bond motifs is 1. The van der Waals surface area contributed by atoms with Crippen molar-refractivity contribution in [1.82, 2.24) is 0 Å².